The molecule has 6 heteroatoms. The molecule has 1 unspecified atom stereocenters. The van der Waals surface area contributed by atoms with Crippen LogP contribution in [-0.4, -0.2) is 39.4 Å². The molecule has 0 bridgehead atoms. The Labute approximate surface area is 135 Å². The molecular weight excluding hydrogens is 288 g/mol. The van der Waals surface area contributed by atoms with Crippen LogP contribution in [0.25, 0.3) is 16.7 Å². The second-order valence-electron chi connectivity index (χ2n) is 5.94. The van der Waals surface area contributed by atoms with Crippen molar-refractivity contribution in [3.63, 3.8) is 0 Å². The van der Waals surface area contributed by atoms with Crippen molar-refractivity contribution in [3.8, 4) is 5.69 Å². The summed E-state index contributed by atoms with van der Waals surface area (Å²) in [6, 6.07) is 10.0. The van der Waals surface area contributed by atoms with Crippen molar-refractivity contribution < 1.29 is 0 Å². The van der Waals surface area contributed by atoms with Gasteiger partial charge in [-0.1, -0.05) is 18.2 Å². The Hall–Kier alpha value is -2.47. The van der Waals surface area contributed by atoms with Crippen LogP contribution in [0, 0.1) is 5.92 Å². The SMILES string of the molecule is c1ccc(-n2ncc3c(NCC4CCCNC4)ncnc32)cc1. The number of anilines is 1. The third-order valence-electron chi connectivity index (χ3n) is 4.32. The number of hydrogen-bond acceptors (Lipinski definition) is 5. The zero-order valence-electron chi connectivity index (χ0n) is 12.9. The minimum Gasteiger partial charge on any atom is -0.369 e. The van der Waals surface area contributed by atoms with Crippen LogP contribution in [0.15, 0.2) is 42.9 Å². The van der Waals surface area contributed by atoms with Crippen molar-refractivity contribution in [2.75, 3.05) is 25.0 Å². The monoisotopic (exact) mass is 308 g/mol. The first-order valence-electron chi connectivity index (χ1n) is 8.10. The molecule has 0 saturated carbocycles. The summed E-state index contributed by atoms with van der Waals surface area (Å²) >= 11 is 0. The third-order valence-corrected chi connectivity index (χ3v) is 4.32. The van der Waals surface area contributed by atoms with E-state index in [-0.39, 0.29) is 0 Å². The lowest BCUT2D eigenvalue weighted by atomic mass is 10.00. The fraction of sp³-hybridized carbons (Fsp3) is 0.353. The number of para-hydroxylation sites is 1. The number of rotatable bonds is 4. The van der Waals surface area contributed by atoms with E-state index < -0.39 is 0 Å². The van der Waals surface area contributed by atoms with E-state index in [0.29, 0.717) is 5.92 Å². The quantitative estimate of drug-likeness (QED) is 0.773. The van der Waals surface area contributed by atoms with Gasteiger partial charge in [0, 0.05) is 6.54 Å². The van der Waals surface area contributed by atoms with Gasteiger partial charge in [0.15, 0.2) is 5.65 Å². The number of benzene rings is 1. The van der Waals surface area contributed by atoms with Crippen molar-refractivity contribution in [2.45, 2.75) is 12.8 Å². The van der Waals surface area contributed by atoms with Gasteiger partial charge in [-0.15, -0.1) is 0 Å². The van der Waals surface area contributed by atoms with Gasteiger partial charge < -0.3 is 10.6 Å². The number of aromatic nitrogens is 4. The summed E-state index contributed by atoms with van der Waals surface area (Å²) < 4.78 is 1.85. The van der Waals surface area contributed by atoms with Crippen molar-refractivity contribution in [1.82, 2.24) is 25.1 Å². The lowest BCUT2D eigenvalue weighted by Gasteiger charge is -2.23. The van der Waals surface area contributed by atoms with Gasteiger partial charge >= 0.3 is 0 Å². The van der Waals surface area contributed by atoms with Crippen LogP contribution in [0.2, 0.25) is 0 Å². The molecule has 23 heavy (non-hydrogen) atoms. The van der Waals surface area contributed by atoms with E-state index in [4.69, 9.17) is 0 Å². The molecule has 0 spiro atoms. The minimum absolute atomic E-state index is 0.651. The minimum atomic E-state index is 0.651. The molecule has 2 aromatic heterocycles. The van der Waals surface area contributed by atoms with Gasteiger partial charge in [-0.2, -0.15) is 5.10 Å². The first-order chi connectivity index (χ1) is 11.4. The zero-order valence-corrected chi connectivity index (χ0v) is 12.9. The van der Waals surface area contributed by atoms with Crippen molar-refractivity contribution in [3.05, 3.63) is 42.9 Å². The van der Waals surface area contributed by atoms with Crippen LogP contribution in [0.4, 0.5) is 5.82 Å². The summed E-state index contributed by atoms with van der Waals surface area (Å²) in [6.07, 6.45) is 5.95. The maximum absolute atomic E-state index is 4.48. The lowest BCUT2D eigenvalue weighted by molar-refractivity contribution is 0.392. The highest BCUT2D eigenvalue weighted by Gasteiger charge is 2.15. The van der Waals surface area contributed by atoms with Crippen LogP contribution >= 0.6 is 0 Å². The first-order valence-corrected chi connectivity index (χ1v) is 8.10. The molecule has 1 atom stereocenters. The summed E-state index contributed by atoms with van der Waals surface area (Å²) in [4.78, 5) is 8.81. The maximum Gasteiger partial charge on any atom is 0.168 e. The molecule has 3 aromatic rings. The van der Waals surface area contributed by atoms with E-state index in [1.165, 1.54) is 12.8 Å². The average molecular weight is 308 g/mol. The number of nitrogens with zero attached hydrogens (tertiary/aromatic N) is 4. The van der Waals surface area contributed by atoms with Crippen molar-refractivity contribution in [2.24, 2.45) is 5.92 Å². The third kappa shape index (κ3) is 2.90. The summed E-state index contributed by atoms with van der Waals surface area (Å²) in [7, 11) is 0. The van der Waals surface area contributed by atoms with Crippen LogP contribution in [0.5, 0.6) is 0 Å². The fourth-order valence-corrected chi connectivity index (χ4v) is 3.08. The second kappa shape index (κ2) is 6.34. The van der Waals surface area contributed by atoms with Gasteiger partial charge in [-0.05, 0) is 44.0 Å². The van der Waals surface area contributed by atoms with E-state index in [2.05, 4.69) is 25.7 Å². The molecule has 118 valence electrons. The largest absolute Gasteiger partial charge is 0.369 e. The number of piperidine rings is 1. The summed E-state index contributed by atoms with van der Waals surface area (Å²) in [5, 5.41) is 12.4. The normalized spacial score (nSPS) is 18.2. The standard InChI is InChI=1S/C17H20N6/c1-2-6-14(7-3-1)23-17-15(11-22-23)16(20-12-21-17)19-10-13-5-4-8-18-9-13/h1-3,6-7,11-13,18H,4-5,8-10H2,(H,19,20,21). The molecule has 2 N–H and O–H groups in total. The van der Waals surface area contributed by atoms with Crippen molar-refractivity contribution in [1.29, 1.82) is 0 Å². The van der Waals surface area contributed by atoms with Crippen LogP contribution in [-0.2, 0) is 0 Å². The van der Waals surface area contributed by atoms with E-state index in [9.17, 15) is 0 Å². The topological polar surface area (TPSA) is 67.7 Å². The summed E-state index contributed by atoms with van der Waals surface area (Å²) in [5.74, 6) is 1.51. The van der Waals surface area contributed by atoms with E-state index in [0.717, 1.165) is 42.2 Å². The zero-order chi connectivity index (χ0) is 15.5. The Morgan fingerprint density at radius 1 is 1.22 bits per heavy atom. The van der Waals surface area contributed by atoms with E-state index >= 15 is 0 Å². The van der Waals surface area contributed by atoms with E-state index in [1.807, 2.05) is 41.2 Å². The van der Waals surface area contributed by atoms with Gasteiger partial charge in [0.25, 0.3) is 0 Å². The Balaban J connectivity index is 1.60. The molecule has 1 aliphatic rings. The Morgan fingerprint density at radius 3 is 2.96 bits per heavy atom. The predicted molar refractivity (Wildman–Crippen MR) is 90.7 cm³/mol. The molecule has 4 rings (SSSR count). The molecule has 1 aromatic carbocycles. The Bertz CT molecular complexity index is 776. The van der Waals surface area contributed by atoms with Gasteiger partial charge in [0.2, 0.25) is 0 Å². The molecule has 3 heterocycles. The number of nitrogens with one attached hydrogen (secondary N) is 2. The van der Waals surface area contributed by atoms with Crippen molar-refractivity contribution >= 4 is 16.9 Å². The molecular formula is C17H20N6. The molecule has 0 aliphatic carbocycles. The predicted octanol–water partition coefficient (Wildman–Crippen LogP) is 2.23. The van der Waals surface area contributed by atoms with E-state index in [1.54, 1.807) is 6.33 Å². The first kappa shape index (κ1) is 14.1. The summed E-state index contributed by atoms with van der Waals surface area (Å²) in [5.41, 5.74) is 1.83. The summed E-state index contributed by atoms with van der Waals surface area (Å²) in [6.45, 7) is 3.14. The molecule has 1 aliphatic heterocycles. The van der Waals surface area contributed by atoms with Gasteiger partial charge in [0.05, 0.1) is 17.3 Å². The molecule has 1 fully saturated rings. The molecule has 1 saturated heterocycles. The van der Waals surface area contributed by atoms with Gasteiger partial charge in [-0.25, -0.2) is 14.6 Å². The number of fused-ring (bicyclic) bond motifs is 1. The maximum atomic E-state index is 4.48. The fourth-order valence-electron chi connectivity index (χ4n) is 3.08. The smallest absolute Gasteiger partial charge is 0.168 e. The molecule has 0 radical (unpaired) electrons. The molecule has 6 nitrogen and oxygen atoms in total. The van der Waals surface area contributed by atoms with Gasteiger partial charge in [-0.3, -0.25) is 0 Å². The lowest BCUT2D eigenvalue weighted by Crippen LogP contribution is -2.33. The molecule has 0 amide bonds. The highest BCUT2D eigenvalue weighted by molar-refractivity contribution is 5.87. The van der Waals surface area contributed by atoms with Crippen LogP contribution < -0.4 is 10.6 Å². The van der Waals surface area contributed by atoms with Crippen LogP contribution in [0.3, 0.4) is 0 Å². The number of hydrogen-bond donors (Lipinski definition) is 2. The average Bonchev–Trinajstić information content (AvgIpc) is 3.06. The second-order valence-corrected chi connectivity index (χ2v) is 5.94. The highest BCUT2D eigenvalue weighted by Crippen LogP contribution is 2.22. The van der Waals surface area contributed by atoms with Gasteiger partial charge in [0.1, 0.15) is 12.1 Å². The Morgan fingerprint density at radius 2 is 2.13 bits per heavy atom. The highest BCUT2D eigenvalue weighted by atomic mass is 15.3. The van der Waals surface area contributed by atoms with Crippen LogP contribution in [0.1, 0.15) is 12.8 Å². The Kier molecular flexibility index (Phi) is 3.90.